The van der Waals surface area contributed by atoms with Crippen LogP contribution in [0.1, 0.15) is 26.2 Å². The van der Waals surface area contributed by atoms with Gasteiger partial charge in [-0.15, -0.1) is 11.8 Å². The molecule has 1 saturated heterocycles. The van der Waals surface area contributed by atoms with Crippen LogP contribution in [0.2, 0.25) is 0 Å². The van der Waals surface area contributed by atoms with Gasteiger partial charge in [-0.2, -0.15) is 0 Å². The van der Waals surface area contributed by atoms with E-state index in [0.717, 1.165) is 12.8 Å². The summed E-state index contributed by atoms with van der Waals surface area (Å²) in [6.45, 7) is 2.24. The van der Waals surface area contributed by atoms with Gasteiger partial charge in [-0.1, -0.05) is 13.3 Å². The van der Waals surface area contributed by atoms with Crippen molar-refractivity contribution < 1.29 is 24.2 Å². The predicted octanol–water partition coefficient (Wildman–Crippen LogP) is 0.974. The Balaban J connectivity index is 2.19. The molecule has 0 aromatic rings. The number of β-lactam (4-membered cyclic amide) rings is 1. The summed E-state index contributed by atoms with van der Waals surface area (Å²) in [5, 5.41) is 9.05. The van der Waals surface area contributed by atoms with Crippen molar-refractivity contribution in [3.63, 3.8) is 0 Å². The topological polar surface area (TPSA) is 83.9 Å². The molecule has 2 aliphatic heterocycles. The number of thioether (sulfide) groups is 1. The van der Waals surface area contributed by atoms with Crippen LogP contribution in [0.5, 0.6) is 0 Å². The van der Waals surface area contributed by atoms with Crippen LogP contribution in [-0.4, -0.2) is 45.6 Å². The SMILES string of the molecule is CCCCOC(=O)C1=C(C(=O)O)N2C(=O)CC2SC1. The second-order valence-corrected chi connectivity index (χ2v) is 5.52. The summed E-state index contributed by atoms with van der Waals surface area (Å²) < 4.78 is 5.03. The van der Waals surface area contributed by atoms with Crippen LogP contribution < -0.4 is 0 Å². The molecule has 104 valence electrons. The number of hydrogen-bond donors (Lipinski definition) is 1. The molecule has 2 rings (SSSR count). The number of hydrogen-bond acceptors (Lipinski definition) is 5. The van der Waals surface area contributed by atoms with Gasteiger partial charge in [0.2, 0.25) is 5.91 Å². The number of aliphatic carboxylic acids is 1. The highest BCUT2D eigenvalue weighted by atomic mass is 32.2. The minimum absolute atomic E-state index is 0.0814. The molecule has 0 bridgehead atoms. The van der Waals surface area contributed by atoms with Crippen LogP contribution in [0, 0.1) is 0 Å². The molecule has 2 heterocycles. The summed E-state index contributed by atoms with van der Waals surface area (Å²) in [6, 6.07) is 0. The highest BCUT2D eigenvalue weighted by molar-refractivity contribution is 8.00. The Bertz CT molecular complexity index is 459. The van der Waals surface area contributed by atoms with Gasteiger partial charge in [-0.3, -0.25) is 9.69 Å². The van der Waals surface area contributed by atoms with E-state index < -0.39 is 11.9 Å². The van der Waals surface area contributed by atoms with Gasteiger partial charge in [0, 0.05) is 5.75 Å². The number of carbonyl (C=O) groups is 3. The Labute approximate surface area is 114 Å². The van der Waals surface area contributed by atoms with E-state index in [4.69, 9.17) is 4.74 Å². The average Bonchev–Trinajstić information content (AvgIpc) is 2.36. The van der Waals surface area contributed by atoms with E-state index in [0.29, 0.717) is 6.42 Å². The molecular formula is C12H15NO5S. The summed E-state index contributed by atoms with van der Waals surface area (Å²) >= 11 is 1.40. The van der Waals surface area contributed by atoms with E-state index in [9.17, 15) is 19.5 Å². The molecule has 1 fully saturated rings. The first-order valence-electron chi connectivity index (χ1n) is 6.13. The molecule has 1 atom stereocenters. The van der Waals surface area contributed by atoms with Crippen molar-refractivity contribution in [3.8, 4) is 0 Å². The van der Waals surface area contributed by atoms with Gasteiger partial charge in [0.05, 0.1) is 24.0 Å². The molecular weight excluding hydrogens is 270 g/mol. The number of unbranched alkanes of at least 4 members (excludes halogenated alkanes) is 1. The van der Waals surface area contributed by atoms with E-state index in [1.165, 1.54) is 16.7 Å². The molecule has 0 aromatic heterocycles. The first-order valence-corrected chi connectivity index (χ1v) is 7.18. The van der Waals surface area contributed by atoms with E-state index >= 15 is 0 Å². The third-order valence-electron chi connectivity index (χ3n) is 3.03. The highest BCUT2D eigenvalue weighted by Gasteiger charge is 2.46. The van der Waals surface area contributed by atoms with Gasteiger partial charge in [-0.25, -0.2) is 9.59 Å². The minimum Gasteiger partial charge on any atom is -0.477 e. The predicted molar refractivity (Wildman–Crippen MR) is 68.2 cm³/mol. The molecule has 0 radical (unpaired) electrons. The first-order chi connectivity index (χ1) is 9.06. The van der Waals surface area contributed by atoms with Crippen LogP contribution in [0.15, 0.2) is 11.3 Å². The second-order valence-electron chi connectivity index (χ2n) is 4.36. The Kier molecular flexibility index (Phi) is 4.14. The number of carboxylic acid groups (broad SMARTS) is 1. The number of carbonyl (C=O) groups excluding carboxylic acids is 2. The Morgan fingerprint density at radius 3 is 2.84 bits per heavy atom. The number of rotatable bonds is 5. The lowest BCUT2D eigenvalue weighted by Crippen LogP contribution is -2.54. The third-order valence-corrected chi connectivity index (χ3v) is 4.25. The molecule has 1 amide bonds. The molecule has 6 nitrogen and oxygen atoms in total. The van der Waals surface area contributed by atoms with Crippen molar-refractivity contribution in [2.45, 2.75) is 31.6 Å². The summed E-state index contributed by atoms with van der Waals surface area (Å²) in [4.78, 5) is 35.8. The summed E-state index contributed by atoms with van der Waals surface area (Å²) in [7, 11) is 0. The zero-order valence-corrected chi connectivity index (χ0v) is 11.4. The minimum atomic E-state index is -1.25. The second kappa shape index (κ2) is 5.64. The first kappa shape index (κ1) is 13.9. The Morgan fingerprint density at radius 2 is 2.26 bits per heavy atom. The van der Waals surface area contributed by atoms with Crippen molar-refractivity contribution >= 4 is 29.6 Å². The van der Waals surface area contributed by atoms with E-state index in [-0.39, 0.29) is 34.9 Å². The standard InChI is InChI=1S/C12H15NO5S/c1-2-3-4-18-12(17)7-6-19-9-5-8(14)13(9)10(7)11(15)16/h9H,2-6H2,1H3,(H,15,16). The number of esters is 1. The smallest absolute Gasteiger partial charge is 0.353 e. The molecule has 0 aromatic carbocycles. The lowest BCUT2D eigenvalue weighted by atomic mass is 10.1. The lowest BCUT2D eigenvalue weighted by Gasteiger charge is -2.43. The van der Waals surface area contributed by atoms with E-state index in [1.807, 2.05) is 6.92 Å². The molecule has 0 aliphatic carbocycles. The van der Waals surface area contributed by atoms with Crippen molar-refractivity contribution in [3.05, 3.63) is 11.3 Å². The Hall–Kier alpha value is -1.50. The number of carboxylic acids is 1. The molecule has 7 heteroatoms. The maximum atomic E-state index is 11.9. The fourth-order valence-corrected chi connectivity index (χ4v) is 3.21. The van der Waals surface area contributed by atoms with Crippen LogP contribution in [0.3, 0.4) is 0 Å². The van der Waals surface area contributed by atoms with Crippen molar-refractivity contribution in [1.82, 2.24) is 4.90 Å². The highest BCUT2D eigenvalue weighted by Crippen LogP contribution is 2.40. The van der Waals surface area contributed by atoms with Crippen LogP contribution in [-0.2, 0) is 19.1 Å². The van der Waals surface area contributed by atoms with Gasteiger partial charge in [0.15, 0.2) is 0 Å². The van der Waals surface area contributed by atoms with Gasteiger partial charge < -0.3 is 9.84 Å². The molecule has 19 heavy (non-hydrogen) atoms. The molecule has 1 unspecified atom stereocenters. The number of nitrogens with zero attached hydrogens (tertiary/aromatic N) is 1. The fraction of sp³-hybridized carbons (Fsp3) is 0.583. The van der Waals surface area contributed by atoms with Gasteiger partial charge in [-0.05, 0) is 6.42 Å². The average molecular weight is 285 g/mol. The summed E-state index contributed by atoms with van der Waals surface area (Å²) in [5.74, 6) is -1.85. The van der Waals surface area contributed by atoms with Crippen molar-refractivity contribution in [2.75, 3.05) is 12.4 Å². The van der Waals surface area contributed by atoms with Gasteiger partial charge in [0.25, 0.3) is 0 Å². The van der Waals surface area contributed by atoms with Crippen LogP contribution >= 0.6 is 11.8 Å². The number of amides is 1. The molecule has 1 N–H and O–H groups in total. The van der Waals surface area contributed by atoms with Crippen LogP contribution in [0.4, 0.5) is 0 Å². The van der Waals surface area contributed by atoms with E-state index in [1.54, 1.807) is 0 Å². The Morgan fingerprint density at radius 1 is 1.53 bits per heavy atom. The maximum Gasteiger partial charge on any atom is 0.353 e. The number of ether oxygens (including phenoxy) is 1. The zero-order valence-electron chi connectivity index (χ0n) is 10.5. The monoisotopic (exact) mass is 285 g/mol. The summed E-state index contributed by atoms with van der Waals surface area (Å²) in [6.07, 6.45) is 1.96. The van der Waals surface area contributed by atoms with E-state index in [2.05, 4.69) is 0 Å². The fourth-order valence-electron chi connectivity index (χ4n) is 1.97. The van der Waals surface area contributed by atoms with Crippen molar-refractivity contribution in [1.29, 1.82) is 0 Å². The quantitative estimate of drug-likeness (QED) is 0.460. The molecule has 2 aliphatic rings. The largest absolute Gasteiger partial charge is 0.477 e. The van der Waals surface area contributed by atoms with Gasteiger partial charge >= 0.3 is 11.9 Å². The summed E-state index contributed by atoms with van der Waals surface area (Å²) in [5.41, 5.74) is -0.126. The van der Waals surface area contributed by atoms with Crippen molar-refractivity contribution in [2.24, 2.45) is 0 Å². The normalized spacial score (nSPS) is 21.8. The zero-order chi connectivity index (χ0) is 14.0. The lowest BCUT2D eigenvalue weighted by molar-refractivity contribution is -0.147. The number of fused-ring (bicyclic) bond motifs is 1. The molecule has 0 saturated carbocycles. The van der Waals surface area contributed by atoms with Gasteiger partial charge in [0.1, 0.15) is 5.70 Å². The third kappa shape index (κ3) is 2.60. The maximum absolute atomic E-state index is 11.9. The molecule has 0 spiro atoms. The van der Waals surface area contributed by atoms with Crippen LogP contribution in [0.25, 0.3) is 0 Å².